The van der Waals surface area contributed by atoms with E-state index in [2.05, 4.69) is 24.6 Å². The largest absolute Gasteiger partial charge is 0.469 e. The Bertz CT molecular complexity index is 323. The highest BCUT2D eigenvalue weighted by Gasteiger charge is 2.23. The zero-order valence-electron chi connectivity index (χ0n) is 10.2. The molecule has 0 bridgehead atoms. The van der Waals surface area contributed by atoms with Gasteiger partial charge in [0, 0.05) is 24.1 Å². The van der Waals surface area contributed by atoms with Crippen LogP contribution in [0.15, 0.2) is 16.7 Å². The van der Waals surface area contributed by atoms with Crippen molar-refractivity contribution in [3.8, 4) is 0 Å². The van der Waals surface area contributed by atoms with E-state index in [-0.39, 0.29) is 0 Å². The first-order chi connectivity index (χ1) is 7.81. The second-order valence-electron chi connectivity index (χ2n) is 4.59. The summed E-state index contributed by atoms with van der Waals surface area (Å²) in [4.78, 5) is 0. The fourth-order valence-electron chi connectivity index (χ4n) is 2.38. The molecule has 2 atom stereocenters. The zero-order valence-corrected chi connectivity index (χ0v) is 11.0. The predicted molar refractivity (Wildman–Crippen MR) is 70.0 cm³/mol. The molecule has 2 nitrogen and oxygen atoms in total. The third-order valence-corrected chi connectivity index (χ3v) is 3.94. The van der Waals surface area contributed by atoms with Gasteiger partial charge in [0.25, 0.3) is 0 Å². The van der Waals surface area contributed by atoms with Crippen molar-refractivity contribution in [3.63, 3.8) is 0 Å². The van der Waals surface area contributed by atoms with Crippen molar-refractivity contribution in [2.24, 2.45) is 0 Å². The van der Waals surface area contributed by atoms with Crippen molar-refractivity contribution in [3.05, 3.63) is 23.7 Å². The minimum absolute atomic E-state index is 0.513. The lowest BCUT2D eigenvalue weighted by atomic mass is 9.93. The SMILES string of the molecule is CSCCC(C)NC1CCCc2occc21. The van der Waals surface area contributed by atoms with E-state index in [1.165, 1.54) is 36.3 Å². The van der Waals surface area contributed by atoms with Crippen LogP contribution >= 0.6 is 11.8 Å². The predicted octanol–water partition coefficient (Wildman–Crippen LogP) is 3.39. The van der Waals surface area contributed by atoms with Crippen molar-refractivity contribution in [2.75, 3.05) is 12.0 Å². The molecule has 0 amide bonds. The van der Waals surface area contributed by atoms with Crippen molar-refractivity contribution in [1.29, 1.82) is 0 Å². The summed E-state index contributed by atoms with van der Waals surface area (Å²) in [6.07, 6.45) is 8.84. The molecule has 0 aromatic carbocycles. The van der Waals surface area contributed by atoms with E-state index in [9.17, 15) is 0 Å². The molecule has 3 heteroatoms. The summed E-state index contributed by atoms with van der Waals surface area (Å²) >= 11 is 1.92. The van der Waals surface area contributed by atoms with E-state index in [1.54, 1.807) is 0 Å². The molecule has 2 rings (SSSR count). The van der Waals surface area contributed by atoms with Crippen molar-refractivity contribution in [1.82, 2.24) is 5.32 Å². The van der Waals surface area contributed by atoms with Crippen molar-refractivity contribution >= 4 is 11.8 Å². The normalized spacial score (nSPS) is 21.8. The van der Waals surface area contributed by atoms with Crippen LogP contribution in [-0.4, -0.2) is 18.1 Å². The number of nitrogens with one attached hydrogen (secondary N) is 1. The van der Waals surface area contributed by atoms with Gasteiger partial charge in [-0.2, -0.15) is 11.8 Å². The number of rotatable bonds is 5. The lowest BCUT2D eigenvalue weighted by Crippen LogP contribution is -2.32. The average molecular weight is 239 g/mol. The number of furan rings is 1. The first-order valence-corrected chi connectivity index (χ1v) is 7.52. The van der Waals surface area contributed by atoms with Crippen LogP contribution in [0.5, 0.6) is 0 Å². The monoisotopic (exact) mass is 239 g/mol. The fourth-order valence-corrected chi connectivity index (χ4v) is 2.97. The molecule has 0 aliphatic heterocycles. The number of hydrogen-bond acceptors (Lipinski definition) is 3. The van der Waals surface area contributed by atoms with Gasteiger partial charge in [-0.3, -0.25) is 0 Å². The molecule has 0 radical (unpaired) electrons. The van der Waals surface area contributed by atoms with Gasteiger partial charge in [0.2, 0.25) is 0 Å². The van der Waals surface area contributed by atoms with Crippen LogP contribution in [0.2, 0.25) is 0 Å². The summed E-state index contributed by atoms with van der Waals surface area (Å²) in [6.45, 7) is 2.28. The van der Waals surface area contributed by atoms with Gasteiger partial charge in [0.1, 0.15) is 5.76 Å². The Morgan fingerprint density at radius 3 is 3.31 bits per heavy atom. The molecular weight excluding hydrogens is 218 g/mol. The van der Waals surface area contributed by atoms with E-state index >= 15 is 0 Å². The van der Waals surface area contributed by atoms with Gasteiger partial charge >= 0.3 is 0 Å². The van der Waals surface area contributed by atoms with Gasteiger partial charge in [0.05, 0.1) is 6.26 Å². The Balaban J connectivity index is 1.92. The molecule has 1 aliphatic carbocycles. The van der Waals surface area contributed by atoms with Crippen LogP contribution in [-0.2, 0) is 6.42 Å². The van der Waals surface area contributed by atoms with Crippen LogP contribution in [0.1, 0.15) is 43.6 Å². The van der Waals surface area contributed by atoms with E-state index in [1.807, 2.05) is 18.0 Å². The smallest absolute Gasteiger partial charge is 0.108 e. The molecule has 90 valence electrons. The topological polar surface area (TPSA) is 25.2 Å². The number of aryl methyl sites for hydroxylation is 1. The summed E-state index contributed by atoms with van der Waals surface area (Å²) in [5.41, 5.74) is 1.39. The van der Waals surface area contributed by atoms with E-state index in [0.29, 0.717) is 12.1 Å². The molecule has 1 aromatic rings. The van der Waals surface area contributed by atoms with Gasteiger partial charge in [-0.1, -0.05) is 0 Å². The Morgan fingerprint density at radius 2 is 2.50 bits per heavy atom. The summed E-state index contributed by atoms with van der Waals surface area (Å²) < 4.78 is 5.50. The standard InChI is InChI=1S/C13H21NOS/c1-10(7-9-16-2)14-12-4-3-5-13-11(12)6-8-15-13/h6,8,10,12,14H,3-5,7,9H2,1-2H3. The molecule has 2 unspecified atom stereocenters. The van der Waals surface area contributed by atoms with Gasteiger partial charge in [0.15, 0.2) is 0 Å². The maximum absolute atomic E-state index is 5.50. The highest BCUT2D eigenvalue weighted by molar-refractivity contribution is 7.98. The highest BCUT2D eigenvalue weighted by Crippen LogP contribution is 2.30. The molecule has 0 spiro atoms. The molecule has 0 saturated heterocycles. The Hall–Kier alpha value is -0.410. The Morgan fingerprint density at radius 1 is 1.62 bits per heavy atom. The lowest BCUT2D eigenvalue weighted by molar-refractivity contribution is 0.378. The minimum Gasteiger partial charge on any atom is -0.469 e. The van der Waals surface area contributed by atoms with Crippen LogP contribution in [0.4, 0.5) is 0 Å². The molecule has 16 heavy (non-hydrogen) atoms. The Kier molecular flexibility index (Phi) is 4.36. The maximum Gasteiger partial charge on any atom is 0.108 e. The van der Waals surface area contributed by atoms with Gasteiger partial charge in [-0.25, -0.2) is 0 Å². The summed E-state index contributed by atoms with van der Waals surface area (Å²) in [6, 6.07) is 3.24. The molecule has 1 N–H and O–H groups in total. The van der Waals surface area contributed by atoms with Gasteiger partial charge in [-0.05, 0) is 44.3 Å². The van der Waals surface area contributed by atoms with Crippen molar-refractivity contribution < 1.29 is 4.42 Å². The van der Waals surface area contributed by atoms with Crippen LogP contribution in [0.3, 0.4) is 0 Å². The van der Waals surface area contributed by atoms with E-state index in [0.717, 1.165) is 6.42 Å². The maximum atomic E-state index is 5.50. The summed E-state index contributed by atoms with van der Waals surface area (Å²) in [5.74, 6) is 2.43. The van der Waals surface area contributed by atoms with E-state index < -0.39 is 0 Å². The van der Waals surface area contributed by atoms with Crippen molar-refractivity contribution in [2.45, 2.75) is 44.7 Å². The van der Waals surface area contributed by atoms with Crippen LogP contribution in [0.25, 0.3) is 0 Å². The fraction of sp³-hybridized carbons (Fsp3) is 0.692. The second-order valence-corrected chi connectivity index (χ2v) is 5.58. The van der Waals surface area contributed by atoms with E-state index in [4.69, 9.17) is 4.42 Å². The summed E-state index contributed by atoms with van der Waals surface area (Å²) in [7, 11) is 0. The number of fused-ring (bicyclic) bond motifs is 1. The lowest BCUT2D eigenvalue weighted by Gasteiger charge is -2.26. The van der Waals surface area contributed by atoms with Crippen LogP contribution in [0, 0.1) is 0 Å². The molecule has 0 saturated carbocycles. The number of thioether (sulfide) groups is 1. The molecule has 1 aliphatic rings. The second kappa shape index (κ2) is 5.78. The minimum atomic E-state index is 0.513. The first kappa shape index (κ1) is 12.1. The molecular formula is C13H21NOS. The third kappa shape index (κ3) is 2.83. The van der Waals surface area contributed by atoms with Crippen LogP contribution < -0.4 is 5.32 Å². The van der Waals surface area contributed by atoms with Gasteiger partial charge < -0.3 is 9.73 Å². The quantitative estimate of drug-likeness (QED) is 0.852. The highest BCUT2D eigenvalue weighted by atomic mass is 32.2. The summed E-state index contributed by atoms with van der Waals surface area (Å²) in [5, 5.41) is 3.72. The average Bonchev–Trinajstić information content (AvgIpc) is 2.75. The molecule has 1 heterocycles. The molecule has 1 aromatic heterocycles. The number of hydrogen-bond donors (Lipinski definition) is 1. The third-order valence-electron chi connectivity index (χ3n) is 3.29. The first-order valence-electron chi connectivity index (χ1n) is 6.12. The Labute approximate surface area is 102 Å². The molecule has 0 fully saturated rings. The van der Waals surface area contributed by atoms with Gasteiger partial charge in [-0.15, -0.1) is 0 Å². The zero-order chi connectivity index (χ0) is 11.4.